The van der Waals surface area contributed by atoms with Crippen LogP contribution in [0.3, 0.4) is 0 Å². The third-order valence-corrected chi connectivity index (χ3v) is 3.73. The van der Waals surface area contributed by atoms with Gasteiger partial charge in [0.25, 0.3) is 0 Å². The Labute approximate surface area is 108 Å². The van der Waals surface area contributed by atoms with Crippen molar-refractivity contribution < 1.29 is 0 Å². The summed E-state index contributed by atoms with van der Waals surface area (Å²) in [6.45, 7) is 11.7. The second-order valence-electron chi connectivity index (χ2n) is 6.16. The highest BCUT2D eigenvalue weighted by Crippen LogP contribution is 2.15. The fourth-order valence-electron chi connectivity index (χ4n) is 2.56. The third kappa shape index (κ3) is 5.84. The molecule has 1 aliphatic heterocycles. The summed E-state index contributed by atoms with van der Waals surface area (Å²) in [6, 6.07) is 1.41. The highest BCUT2D eigenvalue weighted by molar-refractivity contribution is 4.78. The second kappa shape index (κ2) is 7.34. The Morgan fingerprint density at radius 2 is 1.76 bits per heavy atom. The van der Waals surface area contributed by atoms with E-state index >= 15 is 0 Å². The lowest BCUT2D eigenvalue weighted by molar-refractivity contribution is 0.131. The van der Waals surface area contributed by atoms with Crippen LogP contribution in [0.25, 0.3) is 0 Å². The van der Waals surface area contributed by atoms with Gasteiger partial charge in [-0.1, -0.05) is 20.8 Å². The molecule has 1 saturated heterocycles. The zero-order valence-corrected chi connectivity index (χ0v) is 12.4. The molecule has 0 aromatic heterocycles. The SMILES string of the molecule is CC(CNC(C)C)CN1CCC(N(C)C)CC1. The van der Waals surface area contributed by atoms with Crippen molar-refractivity contribution in [2.45, 2.75) is 45.7 Å². The van der Waals surface area contributed by atoms with Gasteiger partial charge in [0.2, 0.25) is 0 Å². The van der Waals surface area contributed by atoms with Crippen LogP contribution in [0.4, 0.5) is 0 Å². The molecule has 0 radical (unpaired) electrons. The molecule has 102 valence electrons. The van der Waals surface area contributed by atoms with Crippen molar-refractivity contribution in [1.29, 1.82) is 0 Å². The van der Waals surface area contributed by atoms with Gasteiger partial charge in [-0.3, -0.25) is 0 Å². The normalized spacial score (nSPS) is 21.4. The van der Waals surface area contributed by atoms with E-state index in [1.54, 1.807) is 0 Å². The molecule has 0 aromatic rings. The largest absolute Gasteiger partial charge is 0.314 e. The van der Waals surface area contributed by atoms with Gasteiger partial charge in [-0.05, 0) is 52.5 Å². The molecule has 1 N–H and O–H groups in total. The Bertz CT molecular complexity index is 196. The van der Waals surface area contributed by atoms with E-state index in [0.29, 0.717) is 6.04 Å². The lowest BCUT2D eigenvalue weighted by atomic mass is 10.0. The Balaban J connectivity index is 2.17. The van der Waals surface area contributed by atoms with Gasteiger partial charge in [-0.25, -0.2) is 0 Å². The van der Waals surface area contributed by atoms with Crippen molar-refractivity contribution in [2.75, 3.05) is 40.3 Å². The minimum atomic E-state index is 0.608. The monoisotopic (exact) mass is 241 g/mol. The molecule has 3 nitrogen and oxygen atoms in total. The average Bonchev–Trinajstić information content (AvgIpc) is 2.27. The zero-order valence-electron chi connectivity index (χ0n) is 12.4. The smallest absolute Gasteiger partial charge is 0.0113 e. The molecule has 1 rings (SSSR count). The minimum absolute atomic E-state index is 0.608. The van der Waals surface area contributed by atoms with Crippen molar-refractivity contribution in [2.24, 2.45) is 5.92 Å². The molecule has 1 heterocycles. The number of hydrogen-bond donors (Lipinski definition) is 1. The highest BCUT2D eigenvalue weighted by atomic mass is 15.2. The molecule has 1 atom stereocenters. The summed E-state index contributed by atoms with van der Waals surface area (Å²) in [4.78, 5) is 5.01. The number of hydrogen-bond acceptors (Lipinski definition) is 3. The van der Waals surface area contributed by atoms with E-state index in [1.807, 2.05) is 0 Å². The molecule has 1 unspecified atom stereocenters. The maximum absolute atomic E-state index is 3.53. The van der Waals surface area contributed by atoms with Crippen LogP contribution >= 0.6 is 0 Å². The van der Waals surface area contributed by atoms with Crippen molar-refractivity contribution in [3.8, 4) is 0 Å². The lowest BCUT2D eigenvalue weighted by Crippen LogP contribution is -2.44. The summed E-state index contributed by atoms with van der Waals surface area (Å²) in [5.41, 5.74) is 0. The van der Waals surface area contributed by atoms with Crippen molar-refractivity contribution >= 4 is 0 Å². The first kappa shape index (κ1) is 14.9. The topological polar surface area (TPSA) is 18.5 Å². The van der Waals surface area contributed by atoms with Crippen LogP contribution in [0.5, 0.6) is 0 Å². The first-order valence-corrected chi connectivity index (χ1v) is 7.11. The maximum Gasteiger partial charge on any atom is 0.0113 e. The summed E-state index contributed by atoms with van der Waals surface area (Å²) in [7, 11) is 4.41. The quantitative estimate of drug-likeness (QED) is 0.763. The number of nitrogens with one attached hydrogen (secondary N) is 1. The summed E-state index contributed by atoms with van der Waals surface area (Å²) in [5.74, 6) is 0.758. The number of nitrogens with zero attached hydrogens (tertiary/aromatic N) is 2. The van der Waals surface area contributed by atoms with Crippen LogP contribution < -0.4 is 5.32 Å². The Kier molecular flexibility index (Phi) is 6.45. The Hall–Kier alpha value is -0.120. The summed E-state index contributed by atoms with van der Waals surface area (Å²) >= 11 is 0. The van der Waals surface area contributed by atoms with Crippen LogP contribution in [0.15, 0.2) is 0 Å². The average molecular weight is 241 g/mol. The van der Waals surface area contributed by atoms with E-state index in [0.717, 1.165) is 18.5 Å². The van der Waals surface area contributed by atoms with Gasteiger partial charge in [0.1, 0.15) is 0 Å². The van der Waals surface area contributed by atoms with E-state index < -0.39 is 0 Å². The van der Waals surface area contributed by atoms with Gasteiger partial charge >= 0.3 is 0 Å². The Morgan fingerprint density at radius 3 is 2.24 bits per heavy atom. The van der Waals surface area contributed by atoms with Crippen LogP contribution in [0, 0.1) is 5.92 Å². The zero-order chi connectivity index (χ0) is 12.8. The molecule has 0 aromatic carbocycles. The van der Waals surface area contributed by atoms with Gasteiger partial charge in [0.15, 0.2) is 0 Å². The summed E-state index contributed by atoms with van der Waals surface area (Å²) in [6.07, 6.45) is 2.66. The highest BCUT2D eigenvalue weighted by Gasteiger charge is 2.21. The summed E-state index contributed by atoms with van der Waals surface area (Å²) < 4.78 is 0. The van der Waals surface area contributed by atoms with E-state index in [4.69, 9.17) is 0 Å². The van der Waals surface area contributed by atoms with E-state index in [-0.39, 0.29) is 0 Å². The predicted octanol–water partition coefficient (Wildman–Crippen LogP) is 1.65. The molecule has 1 aliphatic rings. The molecule has 0 spiro atoms. The van der Waals surface area contributed by atoms with Gasteiger partial charge in [0.05, 0.1) is 0 Å². The van der Waals surface area contributed by atoms with Crippen LogP contribution in [-0.2, 0) is 0 Å². The van der Waals surface area contributed by atoms with Gasteiger partial charge in [-0.15, -0.1) is 0 Å². The molecule has 0 saturated carbocycles. The minimum Gasteiger partial charge on any atom is -0.314 e. The molecule has 1 fully saturated rings. The van der Waals surface area contributed by atoms with Crippen LogP contribution in [0.2, 0.25) is 0 Å². The molecule has 17 heavy (non-hydrogen) atoms. The van der Waals surface area contributed by atoms with Crippen LogP contribution in [-0.4, -0.2) is 62.2 Å². The number of piperidine rings is 1. The molecular weight excluding hydrogens is 210 g/mol. The summed E-state index contributed by atoms with van der Waals surface area (Å²) in [5, 5.41) is 3.53. The van der Waals surface area contributed by atoms with Gasteiger partial charge in [-0.2, -0.15) is 0 Å². The van der Waals surface area contributed by atoms with E-state index in [9.17, 15) is 0 Å². The van der Waals surface area contributed by atoms with Crippen molar-refractivity contribution in [3.63, 3.8) is 0 Å². The Morgan fingerprint density at radius 1 is 1.18 bits per heavy atom. The molecule has 0 bridgehead atoms. The van der Waals surface area contributed by atoms with Crippen LogP contribution in [0.1, 0.15) is 33.6 Å². The maximum atomic E-state index is 3.53. The molecule has 3 heteroatoms. The predicted molar refractivity (Wildman–Crippen MR) is 75.5 cm³/mol. The second-order valence-corrected chi connectivity index (χ2v) is 6.16. The van der Waals surface area contributed by atoms with Crippen molar-refractivity contribution in [1.82, 2.24) is 15.1 Å². The van der Waals surface area contributed by atoms with Gasteiger partial charge < -0.3 is 15.1 Å². The molecular formula is C14H31N3. The fourth-order valence-corrected chi connectivity index (χ4v) is 2.56. The van der Waals surface area contributed by atoms with E-state index in [2.05, 4.69) is 50.0 Å². The fraction of sp³-hybridized carbons (Fsp3) is 1.00. The standard InChI is InChI=1S/C14H31N3/c1-12(2)15-10-13(3)11-17-8-6-14(7-9-17)16(4)5/h12-15H,6-11H2,1-5H3. The van der Waals surface area contributed by atoms with Crippen molar-refractivity contribution in [3.05, 3.63) is 0 Å². The first-order chi connectivity index (χ1) is 7.99. The number of rotatable bonds is 6. The molecule has 0 aliphatic carbocycles. The van der Waals surface area contributed by atoms with E-state index in [1.165, 1.54) is 32.5 Å². The van der Waals surface area contributed by atoms with Gasteiger partial charge in [0, 0.05) is 18.6 Å². The molecule has 0 amide bonds. The number of likely N-dealkylation sites (tertiary alicyclic amines) is 1. The third-order valence-electron chi connectivity index (χ3n) is 3.73. The first-order valence-electron chi connectivity index (χ1n) is 7.11. The lowest BCUT2D eigenvalue weighted by Gasteiger charge is -2.36.